The molecule has 0 radical (unpaired) electrons. The van der Waals surface area contributed by atoms with E-state index in [1.165, 1.54) is 11.8 Å². The molecule has 1 saturated heterocycles. The smallest absolute Gasteiger partial charge is 0.321 e. The van der Waals surface area contributed by atoms with Gasteiger partial charge in [0, 0.05) is 5.75 Å². The summed E-state index contributed by atoms with van der Waals surface area (Å²) in [7, 11) is 1.64. The van der Waals surface area contributed by atoms with Gasteiger partial charge in [-0.1, -0.05) is 121 Å². The van der Waals surface area contributed by atoms with Gasteiger partial charge in [-0.3, -0.25) is 4.79 Å². The molecule has 5 rings (SSSR count). The number of carbonyl (C=O) groups is 1. The minimum absolute atomic E-state index is 0.246. The lowest BCUT2D eigenvalue weighted by atomic mass is 9.98. The number of rotatable bonds is 18. The van der Waals surface area contributed by atoms with Gasteiger partial charge in [-0.15, -0.1) is 11.8 Å². The Morgan fingerprint density at radius 2 is 1.11 bits per heavy atom. The van der Waals surface area contributed by atoms with Gasteiger partial charge in [0.1, 0.15) is 35.9 Å². The van der Waals surface area contributed by atoms with E-state index in [1.807, 2.05) is 121 Å². The first kappa shape index (κ1) is 34.8. The maximum atomic E-state index is 11.9. The predicted molar refractivity (Wildman–Crippen MR) is 183 cm³/mol. The van der Waals surface area contributed by atoms with Crippen molar-refractivity contribution in [2.75, 3.05) is 19.4 Å². The quantitative estimate of drug-likeness (QED) is 0.132. The summed E-state index contributed by atoms with van der Waals surface area (Å²) in [4.78, 5) is 11.9. The van der Waals surface area contributed by atoms with Gasteiger partial charge in [0.05, 0.1) is 33.0 Å². The van der Waals surface area contributed by atoms with E-state index >= 15 is 0 Å². The minimum Gasteiger partial charge on any atom is -0.480 e. The maximum Gasteiger partial charge on any atom is 0.321 e. The molecule has 248 valence electrons. The molecule has 6 atom stereocenters. The summed E-state index contributed by atoms with van der Waals surface area (Å²) in [5.41, 5.74) is 3.54. The number of ether oxygens (including phenoxy) is 5. The van der Waals surface area contributed by atoms with Gasteiger partial charge in [-0.05, 0) is 29.3 Å². The van der Waals surface area contributed by atoms with Crippen LogP contribution >= 0.6 is 11.8 Å². The van der Waals surface area contributed by atoms with Crippen LogP contribution in [0.2, 0.25) is 0 Å². The highest BCUT2D eigenvalue weighted by Gasteiger charge is 2.49. The maximum absolute atomic E-state index is 11.9. The number of thioether (sulfide) groups is 1. The molecule has 8 nitrogen and oxygen atoms in total. The lowest BCUT2D eigenvalue weighted by Crippen LogP contribution is -2.60. The van der Waals surface area contributed by atoms with E-state index in [9.17, 15) is 9.90 Å². The van der Waals surface area contributed by atoms with Gasteiger partial charge in [0.2, 0.25) is 0 Å². The first-order valence-corrected chi connectivity index (χ1v) is 16.9. The highest BCUT2D eigenvalue weighted by molar-refractivity contribution is 7.99. The number of likely N-dealkylation sites (N-methyl/N-ethyl adjacent to an activating group) is 1. The number of hydrogen-bond acceptors (Lipinski definition) is 8. The Kier molecular flexibility index (Phi) is 13.8. The highest BCUT2D eigenvalue weighted by Crippen LogP contribution is 2.36. The average molecular weight is 658 g/mol. The van der Waals surface area contributed by atoms with Crippen molar-refractivity contribution in [1.82, 2.24) is 5.32 Å². The normalized spacial score (nSPS) is 21.7. The number of carboxylic acid groups (broad SMARTS) is 1. The van der Waals surface area contributed by atoms with Crippen molar-refractivity contribution in [3.8, 4) is 0 Å². The summed E-state index contributed by atoms with van der Waals surface area (Å²) in [6.45, 7) is 1.67. The van der Waals surface area contributed by atoms with Crippen LogP contribution in [0.25, 0.3) is 0 Å². The lowest BCUT2D eigenvalue weighted by molar-refractivity contribution is -0.254. The summed E-state index contributed by atoms with van der Waals surface area (Å²) in [5, 5.41) is 12.7. The minimum atomic E-state index is -0.929. The lowest BCUT2D eigenvalue weighted by Gasteiger charge is -2.46. The summed E-state index contributed by atoms with van der Waals surface area (Å²) >= 11 is 1.40. The molecule has 1 fully saturated rings. The third-order valence-corrected chi connectivity index (χ3v) is 9.15. The van der Waals surface area contributed by atoms with Gasteiger partial charge in [0.25, 0.3) is 0 Å². The van der Waals surface area contributed by atoms with Crippen molar-refractivity contribution < 1.29 is 33.6 Å². The van der Waals surface area contributed by atoms with Gasteiger partial charge in [0.15, 0.2) is 0 Å². The number of aliphatic carboxylic acids is 1. The van der Waals surface area contributed by atoms with Crippen LogP contribution in [-0.4, -0.2) is 66.4 Å². The number of benzene rings is 4. The number of nitrogens with one attached hydrogen (secondary N) is 1. The van der Waals surface area contributed by atoms with Gasteiger partial charge in [-0.25, -0.2) is 0 Å². The molecular weight excluding hydrogens is 614 g/mol. The van der Waals surface area contributed by atoms with Crippen LogP contribution in [0.15, 0.2) is 121 Å². The Bertz CT molecular complexity index is 1450. The number of carboxylic acids is 1. The Labute approximate surface area is 281 Å². The summed E-state index contributed by atoms with van der Waals surface area (Å²) in [6.07, 6.45) is -2.21. The molecule has 1 aliphatic rings. The molecule has 0 spiro atoms. The van der Waals surface area contributed by atoms with E-state index < -0.39 is 41.9 Å². The SMILES string of the molecule is CN[C@@H](CSC1OC(COCc2ccccc2)C(OCc2ccccc2)C(OCc2ccccc2)C1OCc1ccccc1)C(=O)O. The van der Waals surface area contributed by atoms with E-state index in [-0.39, 0.29) is 12.4 Å². The van der Waals surface area contributed by atoms with Gasteiger partial charge < -0.3 is 34.1 Å². The van der Waals surface area contributed by atoms with Crippen molar-refractivity contribution >= 4 is 17.7 Å². The van der Waals surface area contributed by atoms with Crippen LogP contribution in [-0.2, 0) is 54.9 Å². The molecule has 0 aromatic heterocycles. The molecular formula is C38H43NO7S. The van der Waals surface area contributed by atoms with E-state index in [1.54, 1.807) is 7.05 Å². The van der Waals surface area contributed by atoms with E-state index in [4.69, 9.17) is 23.7 Å². The zero-order chi connectivity index (χ0) is 32.7. The second-order valence-electron chi connectivity index (χ2n) is 11.3. The molecule has 47 heavy (non-hydrogen) atoms. The van der Waals surface area contributed by atoms with Crippen LogP contribution in [0.5, 0.6) is 0 Å². The van der Waals surface area contributed by atoms with Crippen LogP contribution < -0.4 is 5.32 Å². The van der Waals surface area contributed by atoms with Crippen molar-refractivity contribution in [1.29, 1.82) is 0 Å². The third-order valence-electron chi connectivity index (χ3n) is 7.91. The zero-order valence-corrected chi connectivity index (χ0v) is 27.4. The molecule has 4 aromatic rings. The first-order chi connectivity index (χ1) is 23.1. The molecule has 1 heterocycles. The molecule has 9 heteroatoms. The summed E-state index contributed by atoms with van der Waals surface area (Å²) in [6, 6.07) is 39.1. The van der Waals surface area contributed by atoms with Crippen LogP contribution in [0, 0.1) is 0 Å². The Balaban J connectivity index is 1.45. The van der Waals surface area contributed by atoms with E-state index in [0.717, 1.165) is 22.3 Å². The van der Waals surface area contributed by atoms with Crippen molar-refractivity contribution in [3.63, 3.8) is 0 Å². The molecule has 0 bridgehead atoms. The fraction of sp³-hybridized carbons (Fsp3) is 0.342. The van der Waals surface area contributed by atoms with Gasteiger partial charge in [-0.2, -0.15) is 0 Å². The highest BCUT2D eigenvalue weighted by atomic mass is 32.2. The predicted octanol–water partition coefficient (Wildman–Crippen LogP) is 6.09. The van der Waals surface area contributed by atoms with E-state index in [2.05, 4.69) is 5.32 Å². The van der Waals surface area contributed by atoms with E-state index in [0.29, 0.717) is 26.4 Å². The Hall–Kier alpha value is -3.54. The molecule has 2 N–H and O–H groups in total. The Morgan fingerprint density at radius 3 is 1.55 bits per heavy atom. The molecule has 0 saturated carbocycles. The molecule has 5 unspecified atom stereocenters. The van der Waals surface area contributed by atoms with Crippen molar-refractivity contribution in [2.45, 2.75) is 62.3 Å². The molecule has 4 aromatic carbocycles. The van der Waals surface area contributed by atoms with Crippen LogP contribution in [0.4, 0.5) is 0 Å². The molecule has 1 aliphatic heterocycles. The molecule has 0 aliphatic carbocycles. The standard InChI is InChI=1S/C38H43NO7S/c1-39-32(37(40)41)27-47-38-36(45-25-31-20-12-5-13-21-31)35(44-24-30-18-10-4-11-19-30)34(43-23-29-16-8-3-9-17-29)33(46-38)26-42-22-28-14-6-2-7-15-28/h2-21,32-36,38-39H,22-27H2,1H3,(H,40,41)/t32-,33?,34?,35?,36?,38?/m0/s1. The number of hydrogen-bond donors (Lipinski definition) is 2. The van der Waals surface area contributed by atoms with Gasteiger partial charge >= 0.3 is 5.97 Å². The Morgan fingerprint density at radius 1 is 0.681 bits per heavy atom. The zero-order valence-electron chi connectivity index (χ0n) is 26.6. The summed E-state index contributed by atoms with van der Waals surface area (Å²) in [5.74, 6) is -0.665. The molecule has 0 amide bonds. The largest absolute Gasteiger partial charge is 0.480 e. The van der Waals surface area contributed by atoms with Crippen molar-refractivity contribution in [2.24, 2.45) is 0 Å². The average Bonchev–Trinajstić information content (AvgIpc) is 3.11. The van der Waals surface area contributed by atoms with Crippen LogP contribution in [0.3, 0.4) is 0 Å². The third kappa shape index (κ3) is 10.7. The fourth-order valence-corrected chi connectivity index (χ4v) is 6.69. The topological polar surface area (TPSA) is 95.5 Å². The fourth-order valence-electron chi connectivity index (χ4n) is 5.35. The van der Waals surface area contributed by atoms with Crippen molar-refractivity contribution in [3.05, 3.63) is 144 Å². The first-order valence-electron chi connectivity index (χ1n) is 15.9. The second-order valence-corrected chi connectivity index (χ2v) is 12.5. The monoisotopic (exact) mass is 657 g/mol. The second kappa shape index (κ2) is 18.7. The van der Waals surface area contributed by atoms with Crippen LogP contribution in [0.1, 0.15) is 22.3 Å². The summed E-state index contributed by atoms with van der Waals surface area (Å²) < 4.78 is 33.1.